The summed E-state index contributed by atoms with van der Waals surface area (Å²) in [5, 5.41) is 54.3. The van der Waals surface area contributed by atoms with Crippen LogP contribution in [-0.4, -0.2) is 40.2 Å². The molecule has 0 fully saturated rings. The van der Waals surface area contributed by atoms with Gasteiger partial charge in [-0.25, -0.2) is 0 Å². The molecule has 0 saturated carbocycles. The molecule has 0 atom stereocenters. The molecule has 0 unspecified atom stereocenters. The summed E-state index contributed by atoms with van der Waals surface area (Å²) in [6, 6.07) is 16.1. The quantitative estimate of drug-likeness (QED) is 0.153. The molecule has 4 rings (SSSR count). The van der Waals surface area contributed by atoms with Gasteiger partial charge < -0.3 is 31.1 Å². The molecule has 0 heterocycles. The van der Waals surface area contributed by atoms with Gasteiger partial charge in [0.2, 0.25) is 0 Å². The Morgan fingerprint density at radius 2 is 0.397 bits per heavy atom. The van der Waals surface area contributed by atoms with Crippen LogP contribution in [0.4, 0.5) is 22.7 Å². The number of aromatic hydroxyl groups is 4. The first-order chi connectivity index (χ1) is 27.5. The van der Waals surface area contributed by atoms with Crippen molar-refractivity contribution >= 4 is 42.5 Å². The first-order valence-electron chi connectivity index (χ1n) is 22.4. The van der Waals surface area contributed by atoms with Crippen LogP contribution in [0.2, 0.25) is 0 Å². The van der Waals surface area contributed by atoms with Crippen molar-refractivity contribution in [3.05, 3.63) is 104 Å². The first kappa shape index (κ1) is 55.4. The first-order valence-corrected chi connectivity index (χ1v) is 22.4. The number of hydrogen-bond donors (Lipinski definition) is 4. The van der Waals surface area contributed by atoms with Crippen molar-refractivity contribution in [1.82, 2.24) is 0 Å². The van der Waals surface area contributed by atoms with Crippen molar-refractivity contribution in [1.29, 1.82) is 0 Å². The van der Waals surface area contributed by atoms with Crippen LogP contribution in [0.15, 0.2) is 48.5 Å². The molecule has 0 aliphatic rings. The van der Waals surface area contributed by atoms with Gasteiger partial charge in [-0.3, -0.25) is 0 Å². The van der Waals surface area contributed by atoms with Crippen LogP contribution in [0.3, 0.4) is 0 Å². The third-order valence-corrected chi connectivity index (χ3v) is 11.5. The molecule has 4 aromatic carbocycles. The Bertz CT molecular complexity index is 1930. The Morgan fingerprint density at radius 1 is 0.254 bits per heavy atom. The van der Waals surface area contributed by atoms with E-state index in [0.29, 0.717) is 22.7 Å². The third kappa shape index (κ3) is 13.7. The van der Waals surface area contributed by atoms with Crippen molar-refractivity contribution in [2.75, 3.05) is 0 Å². The van der Waals surface area contributed by atoms with Gasteiger partial charge in [0, 0.05) is 19.8 Å². The Hall–Kier alpha value is -3.68. The standard InChI is InChI=1S/2C28H42NO2.Ga/c2*1-25(2,3)17-13-19(27(7,8)9)23(30)21(15-17)29-22-16-18(26(4,5)6)14-20(24(22)31)28(10,11)12;/h2*13-16,30-31H,1-12H3;/q2*-1;. The van der Waals surface area contributed by atoms with Crippen molar-refractivity contribution in [2.24, 2.45) is 0 Å². The molecular formula is C56H84GaN2O4-2. The van der Waals surface area contributed by atoms with Gasteiger partial charge in [-0.15, -0.1) is 0 Å². The van der Waals surface area contributed by atoms with Gasteiger partial charge in [0.25, 0.3) is 0 Å². The van der Waals surface area contributed by atoms with Crippen LogP contribution in [0.25, 0.3) is 10.6 Å². The largest absolute Gasteiger partial charge is 0.652 e. The molecule has 63 heavy (non-hydrogen) atoms. The molecule has 7 heteroatoms. The second-order valence-electron chi connectivity index (χ2n) is 25.8. The second-order valence-corrected chi connectivity index (χ2v) is 25.8. The number of benzene rings is 4. The number of rotatable bonds is 4. The molecule has 0 saturated heterocycles. The topological polar surface area (TPSA) is 109 Å². The minimum absolute atomic E-state index is 0. The van der Waals surface area contributed by atoms with Gasteiger partial charge in [0.15, 0.2) is 0 Å². The fourth-order valence-corrected chi connectivity index (χ4v) is 7.10. The molecule has 0 aliphatic carbocycles. The smallest absolute Gasteiger partial charge is 0.104 e. The van der Waals surface area contributed by atoms with E-state index in [0.717, 1.165) is 44.5 Å². The van der Waals surface area contributed by atoms with Gasteiger partial charge in [-0.1, -0.05) is 237 Å². The van der Waals surface area contributed by atoms with E-state index in [1.54, 1.807) is 0 Å². The van der Waals surface area contributed by atoms with Crippen molar-refractivity contribution in [3.8, 4) is 23.0 Å². The van der Waals surface area contributed by atoms with Crippen LogP contribution in [0.1, 0.15) is 211 Å². The molecule has 4 aromatic rings. The molecule has 0 amide bonds. The summed E-state index contributed by atoms with van der Waals surface area (Å²) in [7, 11) is 0. The monoisotopic (exact) mass is 918 g/mol. The summed E-state index contributed by atoms with van der Waals surface area (Å²) in [6.45, 7) is 51.0. The van der Waals surface area contributed by atoms with Crippen LogP contribution < -0.4 is 0 Å². The van der Waals surface area contributed by atoms with E-state index in [2.05, 4.69) is 190 Å². The summed E-state index contributed by atoms with van der Waals surface area (Å²) >= 11 is 0. The Morgan fingerprint density at radius 3 is 0.508 bits per heavy atom. The molecule has 6 nitrogen and oxygen atoms in total. The third-order valence-electron chi connectivity index (χ3n) is 11.5. The van der Waals surface area contributed by atoms with Crippen LogP contribution in [0.5, 0.6) is 23.0 Å². The van der Waals surface area contributed by atoms with Crippen molar-refractivity contribution < 1.29 is 20.4 Å². The maximum Gasteiger partial charge on any atom is 0.104 e. The average molecular weight is 919 g/mol. The number of nitrogens with zero attached hydrogens (tertiary/aromatic N) is 2. The number of phenols is 4. The number of hydrogen-bond acceptors (Lipinski definition) is 4. The summed E-state index contributed by atoms with van der Waals surface area (Å²) < 4.78 is 0. The normalized spacial score (nSPS) is 13.2. The molecule has 4 N–H and O–H groups in total. The van der Waals surface area contributed by atoms with Gasteiger partial charge in [-0.2, -0.15) is 0 Å². The predicted octanol–water partition coefficient (Wildman–Crippen LogP) is 16.9. The predicted molar refractivity (Wildman–Crippen MR) is 273 cm³/mol. The maximum atomic E-state index is 11.1. The van der Waals surface area contributed by atoms with E-state index in [9.17, 15) is 20.4 Å². The molecule has 0 aliphatic heterocycles. The second kappa shape index (κ2) is 18.3. The van der Waals surface area contributed by atoms with Crippen LogP contribution in [-0.2, 0) is 43.3 Å². The number of phenolic OH excluding ortho intramolecular Hbond substituents is 4. The van der Waals surface area contributed by atoms with Crippen LogP contribution >= 0.6 is 0 Å². The van der Waals surface area contributed by atoms with Crippen LogP contribution in [0, 0.1) is 0 Å². The van der Waals surface area contributed by atoms with E-state index >= 15 is 0 Å². The molecule has 0 aromatic heterocycles. The van der Waals surface area contributed by atoms with E-state index in [4.69, 9.17) is 10.6 Å². The molecule has 0 spiro atoms. The molecule has 3 radical (unpaired) electrons. The van der Waals surface area contributed by atoms with Gasteiger partial charge in [0.1, 0.15) is 23.0 Å². The Balaban J connectivity index is 0.000000427. The zero-order valence-corrected chi connectivity index (χ0v) is 46.3. The summed E-state index contributed by atoms with van der Waals surface area (Å²) in [4.78, 5) is 0. The fraction of sp³-hybridized carbons (Fsp3) is 0.571. The average Bonchev–Trinajstić information content (AvgIpc) is 3.04. The van der Waals surface area contributed by atoms with Gasteiger partial charge in [-0.05, 0) is 87.8 Å². The maximum absolute atomic E-state index is 11.1. The minimum atomic E-state index is -0.235. The minimum Gasteiger partial charge on any atom is -0.652 e. The SMILES string of the molecule is CC(C)(C)c1cc([N-]c2cc(C(C)(C)C)cc(C(C)(C)C)c2O)c(O)c(C(C)(C)C)c1.CC(C)(C)c1cc([N-]c2cc(C(C)(C)C)cc(C(C)(C)C)c2O)c(O)c(C(C)(C)C)c1.[Ga]. The van der Waals surface area contributed by atoms with E-state index in [-0.39, 0.29) is 86.1 Å². The molecular weight excluding hydrogens is 834 g/mol. The van der Waals surface area contributed by atoms with Crippen molar-refractivity contribution in [2.45, 2.75) is 209 Å². The van der Waals surface area contributed by atoms with E-state index in [1.165, 1.54) is 0 Å². The van der Waals surface area contributed by atoms with E-state index < -0.39 is 0 Å². The van der Waals surface area contributed by atoms with E-state index in [1.807, 2.05) is 24.3 Å². The molecule has 0 bridgehead atoms. The summed E-state index contributed by atoms with van der Waals surface area (Å²) in [5.41, 5.74) is 8.56. The molecule has 347 valence electrons. The van der Waals surface area contributed by atoms with Gasteiger partial charge >= 0.3 is 0 Å². The fourth-order valence-electron chi connectivity index (χ4n) is 7.10. The zero-order chi connectivity index (χ0) is 48.3. The van der Waals surface area contributed by atoms with Gasteiger partial charge in [0.05, 0.1) is 0 Å². The summed E-state index contributed by atoms with van der Waals surface area (Å²) in [5.74, 6) is 0.716. The zero-order valence-electron chi connectivity index (χ0n) is 43.9. The Kier molecular flexibility index (Phi) is 16.1. The van der Waals surface area contributed by atoms with Crippen molar-refractivity contribution in [3.63, 3.8) is 0 Å². The summed E-state index contributed by atoms with van der Waals surface area (Å²) in [6.07, 6.45) is 0. The Labute approximate surface area is 397 Å².